The highest BCUT2D eigenvalue weighted by atomic mass is 32.2. The van der Waals surface area contributed by atoms with Gasteiger partial charge in [0.1, 0.15) is 12.1 Å². The molecule has 0 saturated heterocycles. The van der Waals surface area contributed by atoms with Crippen LogP contribution in [0.2, 0.25) is 0 Å². The summed E-state index contributed by atoms with van der Waals surface area (Å²) in [7, 11) is -4.13. The fourth-order valence-corrected chi connectivity index (χ4v) is 5.10. The molecule has 0 unspecified atom stereocenters. The van der Waals surface area contributed by atoms with E-state index in [1.54, 1.807) is 11.4 Å². The molecule has 4 rings (SSSR count). The van der Waals surface area contributed by atoms with Crippen molar-refractivity contribution in [1.82, 2.24) is 19.7 Å². The lowest BCUT2D eigenvalue weighted by Gasteiger charge is -2.15. The average molecular weight is 547 g/mol. The van der Waals surface area contributed by atoms with Crippen molar-refractivity contribution in [2.75, 3.05) is 11.9 Å². The number of nitrogens with one attached hydrogen (secondary N) is 1. The van der Waals surface area contributed by atoms with E-state index in [0.717, 1.165) is 28.4 Å². The van der Waals surface area contributed by atoms with Gasteiger partial charge in [0, 0.05) is 24.4 Å². The van der Waals surface area contributed by atoms with Gasteiger partial charge in [-0.2, -0.15) is 26.7 Å². The van der Waals surface area contributed by atoms with Crippen molar-refractivity contribution >= 4 is 33.2 Å². The van der Waals surface area contributed by atoms with Crippen molar-refractivity contribution in [3.8, 4) is 0 Å². The van der Waals surface area contributed by atoms with Crippen LogP contribution in [0, 0.1) is 5.92 Å². The number of aliphatic hydroxyl groups is 1. The van der Waals surface area contributed by atoms with Crippen molar-refractivity contribution in [3.63, 3.8) is 0 Å². The number of ketones is 1. The fraction of sp³-hybridized carbons (Fsp3) is 0.400. The van der Waals surface area contributed by atoms with Gasteiger partial charge in [-0.25, -0.2) is 15.1 Å². The molecule has 4 N–H and O–H groups in total. The zero-order valence-electron chi connectivity index (χ0n) is 18.4. The van der Waals surface area contributed by atoms with Crippen LogP contribution in [-0.4, -0.2) is 57.8 Å². The number of aliphatic hydroxyl groups excluding tert-OH is 1. The molecule has 0 bridgehead atoms. The van der Waals surface area contributed by atoms with E-state index < -0.39 is 39.8 Å². The maximum atomic E-state index is 13.2. The van der Waals surface area contributed by atoms with Crippen molar-refractivity contribution in [2.24, 2.45) is 11.1 Å². The molecule has 0 aromatic carbocycles. The molecule has 16 heteroatoms. The molecule has 3 atom stereocenters. The van der Waals surface area contributed by atoms with Crippen LogP contribution in [0.3, 0.4) is 0 Å². The second kappa shape index (κ2) is 10.2. The number of thiophene rings is 1. The third-order valence-corrected chi connectivity index (χ3v) is 7.03. The minimum absolute atomic E-state index is 0.0538. The summed E-state index contributed by atoms with van der Waals surface area (Å²) in [6.07, 6.45) is -0.494. The molecule has 0 spiro atoms. The van der Waals surface area contributed by atoms with Gasteiger partial charge >= 0.3 is 16.5 Å². The number of nitrogens with zero attached hydrogens (tertiary/aromatic N) is 4. The first kappa shape index (κ1) is 26.2. The molecule has 0 amide bonds. The highest BCUT2D eigenvalue weighted by molar-refractivity contribution is 7.84. The van der Waals surface area contributed by atoms with Gasteiger partial charge in [-0.3, -0.25) is 13.7 Å². The SMILES string of the molecule is NS(=O)(=O)OC[C@H]1C[C@@H](Nc2ncncc2C(=O)c2cc(Cn3cc(C(F)(F)F)cn3)cs2)C[C@@H]1O. The number of anilines is 1. The fourth-order valence-electron chi connectivity index (χ4n) is 3.88. The normalized spacial score (nSPS) is 20.5. The number of aromatic nitrogens is 4. The Morgan fingerprint density at radius 3 is 2.81 bits per heavy atom. The van der Waals surface area contributed by atoms with Gasteiger partial charge in [-0.05, 0) is 29.9 Å². The smallest absolute Gasteiger partial charge is 0.393 e. The van der Waals surface area contributed by atoms with E-state index in [0.29, 0.717) is 16.9 Å². The summed E-state index contributed by atoms with van der Waals surface area (Å²) in [5.41, 5.74) is -0.0899. The van der Waals surface area contributed by atoms with Crippen LogP contribution in [-0.2, 0) is 27.2 Å². The Bertz CT molecular complexity index is 1340. The molecule has 1 saturated carbocycles. The van der Waals surface area contributed by atoms with Crippen LogP contribution in [0.15, 0.2) is 36.4 Å². The standard InChI is InChI=1S/C20H21F3N6O5S2/c21-20(22,23)13-4-27-29(7-13)6-11-1-17(35-9-11)18(31)15-5-25-10-26-19(15)28-14-2-12(16(30)3-14)8-34-36(24,32)33/h1,4-5,7,9-10,12,14,16,30H,2-3,6,8H2,(H2,24,32,33)(H,25,26,28)/t12-,14-,16+/m1/s1. The van der Waals surface area contributed by atoms with Gasteiger partial charge in [0.25, 0.3) is 0 Å². The first-order valence-electron chi connectivity index (χ1n) is 10.5. The van der Waals surface area contributed by atoms with E-state index >= 15 is 0 Å². The molecular weight excluding hydrogens is 525 g/mol. The summed E-state index contributed by atoms with van der Waals surface area (Å²) in [6, 6.07) is 1.25. The third-order valence-electron chi connectivity index (χ3n) is 5.58. The number of carbonyl (C=O) groups is 1. The summed E-state index contributed by atoms with van der Waals surface area (Å²) in [4.78, 5) is 21.5. The average Bonchev–Trinajstić information content (AvgIpc) is 3.52. The Hall–Kier alpha value is -2.92. The molecule has 1 fully saturated rings. The molecule has 0 radical (unpaired) electrons. The van der Waals surface area contributed by atoms with Crippen LogP contribution in [0.4, 0.5) is 19.0 Å². The van der Waals surface area contributed by atoms with Crippen molar-refractivity contribution in [2.45, 2.75) is 37.7 Å². The highest BCUT2D eigenvalue weighted by Gasteiger charge is 2.35. The van der Waals surface area contributed by atoms with Crippen molar-refractivity contribution in [1.29, 1.82) is 0 Å². The van der Waals surface area contributed by atoms with Gasteiger partial charge in [-0.15, -0.1) is 11.3 Å². The zero-order chi connectivity index (χ0) is 26.1. The lowest BCUT2D eigenvalue weighted by atomic mass is 10.1. The molecule has 3 heterocycles. The minimum Gasteiger partial charge on any atom is -0.393 e. The molecule has 36 heavy (non-hydrogen) atoms. The summed E-state index contributed by atoms with van der Waals surface area (Å²) in [5.74, 6) is -0.641. The Kier molecular flexibility index (Phi) is 7.42. The molecule has 3 aromatic rings. The first-order chi connectivity index (χ1) is 16.9. The second-order valence-corrected chi connectivity index (χ2v) is 10.4. The largest absolute Gasteiger partial charge is 0.419 e. The van der Waals surface area contributed by atoms with Gasteiger partial charge in [0.15, 0.2) is 0 Å². The number of alkyl halides is 3. The van der Waals surface area contributed by atoms with Crippen molar-refractivity contribution in [3.05, 3.63) is 57.9 Å². The summed E-state index contributed by atoms with van der Waals surface area (Å²) in [6.45, 7) is -0.218. The number of halogens is 3. The van der Waals surface area contributed by atoms with E-state index in [1.165, 1.54) is 12.5 Å². The molecule has 0 aliphatic heterocycles. The molecule has 3 aromatic heterocycles. The Balaban J connectivity index is 1.43. The molecule has 1 aliphatic rings. The third kappa shape index (κ3) is 6.44. The van der Waals surface area contributed by atoms with E-state index in [2.05, 4.69) is 24.6 Å². The summed E-state index contributed by atoms with van der Waals surface area (Å²) in [5, 5.41) is 23.5. The Labute approximate surface area is 207 Å². The first-order valence-corrected chi connectivity index (χ1v) is 12.9. The van der Waals surface area contributed by atoms with Crippen LogP contribution < -0.4 is 10.5 Å². The van der Waals surface area contributed by atoms with Gasteiger partial charge < -0.3 is 10.4 Å². The topological polar surface area (TPSA) is 162 Å². The van der Waals surface area contributed by atoms with E-state index in [4.69, 9.17) is 5.14 Å². The predicted molar refractivity (Wildman–Crippen MR) is 121 cm³/mol. The van der Waals surface area contributed by atoms with E-state index in [1.807, 2.05) is 0 Å². The van der Waals surface area contributed by atoms with Crippen LogP contribution >= 0.6 is 11.3 Å². The zero-order valence-corrected chi connectivity index (χ0v) is 20.1. The van der Waals surface area contributed by atoms with Crippen molar-refractivity contribution < 1.29 is 35.7 Å². The van der Waals surface area contributed by atoms with Crippen LogP contribution in [0.5, 0.6) is 0 Å². The highest BCUT2D eigenvalue weighted by Crippen LogP contribution is 2.31. The second-order valence-electron chi connectivity index (χ2n) is 8.28. The van der Waals surface area contributed by atoms with Gasteiger partial charge in [-0.1, -0.05) is 0 Å². The number of rotatable bonds is 9. The molecular formula is C20H21F3N6O5S2. The van der Waals surface area contributed by atoms with Crippen LogP contribution in [0.25, 0.3) is 0 Å². The molecule has 11 nitrogen and oxygen atoms in total. The Morgan fingerprint density at radius 2 is 2.11 bits per heavy atom. The predicted octanol–water partition coefficient (Wildman–Crippen LogP) is 1.80. The maximum Gasteiger partial charge on any atom is 0.419 e. The number of carbonyl (C=O) groups excluding carboxylic acids is 1. The van der Waals surface area contributed by atoms with Gasteiger partial charge in [0.2, 0.25) is 5.78 Å². The quantitative estimate of drug-likeness (QED) is 0.340. The Morgan fingerprint density at radius 1 is 1.33 bits per heavy atom. The summed E-state index contributed by atoms with van der Waals surface area (Å²) < 4.78 is 66.1. The number of nitrogens with two attached hydrogens (primary N) is 1. The molecule has 194 valence electrons. The number of hydrogen-bond donors (Lipinski definition) is 3. The van der Waals surface area contributed by atoms with E-state index in [9.17, 15) is 31.5 Å². The lowest BCUT2D eigenvalue weighted by molar-refractivity contribution is -0.137. The molecule has 1 aliphatic carbocycles. The van der Waals surface area contributed by atoms with E-state index in [-0.39, 0.29) is 37.0 Å². The summed E-state index contributed by atoms with van der Waals surface area (Å²) >= 11 is 1.12. The minimum atomic E-state index is -4.49. The van der Waals surface area contributed by atoms with Gasteiger partial charge in [0.05, 0.1) is 41.5 Å². The maximum absolute atomic E-state index is 13.2. The monoisotopic (exact) mass is 546 g/mol. The van der Waals surface area contributed by atoms with Crippen LogP contribution in [0.1, 0.15) is 39.2 Å². The lowest BCUT2D eigenvalue weighted by Crippen LogP contribution is -2.24. The number of hydrogen-bond acceptors (Lipinski definition) is 10.